The number of hydrogen-bond acceptors (Lipinski definition) is 3. The maximum absolute atomic E-state index is 12.6. The summed E-state index contributed by atoms with van der Waals surface area (Å²) in [6, 6.07) is 4.27. The van der Waals surface area contributed by atoms with Crippen LogP contribution in [-0.2, 0) is 22.7 Å². The Hall–Kier alpha value is -1.29. The number of halogens is 7. The van der Waals surface area contributed by atoms with Crippen LogP contribution in [0.25, 0.3) is 0 Å². The van der Waals surface area contributed by atoms with Gasteiger partial charge in [-0.15, -0.1) is 24.0 Å². The van der Waals surface area contributed by atoms with Gasteiger partial charge in [0.2, 0.25) is 0 Å². The van der Waals surface area contributed by atoms with Crippen LogP contribution in [0.5, 0.6) is 0 Å². The Morgan fingerprint density at radius 3 is 2.07 bits per heavy atom. The van der Waals surface area contributed by atoms with Crippen molar-refractivity contribution >= 4 is 40.0 Å². The van der Waals surface area contributed by atoms with Crippen molar-refractivity contribution in [1.29, 1.82) is 0 Å². The minimum atomic E-state index is -5.34. The van der Waals surface area contributed by atoms with Crippen LogP contribution in [0.1, 0.15) is 24.0 Å². The van der Waals surface area contributed by atoms with Crippen LogP contribution in [-0.4, -0.2) is 50.4 Å². The van der Waals surface area contributed by atoms with Crippen molar-refractivity contribution in [2.75, 3.05) is 20.1 Å². The van der Waals surface area contributed by atoms with Crippen LogP contribution in [0.15, 0.2) is 29.3 Å². The van der Waals surface area contributed by atoms with Crippen LogP contribution in [0.3, 0.4) is 0 Å². The standard InChI is InChI=1S/C16H20F6N4O2S.HI/c1-23-14(24-10-11-2-4-12(5-3-11)15(17,18)19)25-13-6-8-26(9-7-13)29(27,28)16(20,21)22;/h2-5,13H,6-10H2,1H3,(H2,23,24,25);1H. The van der Waals surface area contributed by atoms with E-state index < -0.39 is 27.3 Å². The largest absolute Gasteiger partial charge is 0.511 e. The number of rotatable bonds is 4. The highest BCUT2D eigenvalue weighted by atomic mass is 127. The summed E-state index contributed by atoms with van der Waals surface area (Å²) in [5.74, 6) is 0.307. The van der Waals surface area contributed by atoms with Gasteiger partial charge in [-0.3, -0.25) is 4.99 Å². The Kier molecular flexibility index (Phi) is 9.22. The lowest BCUT2D eigenvalue weighted by Gasteiger charge is -2.32. The number of guanidine groups is 1. The normalized spacial score (nSPS) is 17.4. The molecular weight excluding hydrogens is 553 g/mol. The van der Waals surface area contributed by atoms with E-state index in [9.17, 15) is 34.8 Å². The highest BCUT2D eigenvalue weighted by Gasteiger charge is 2.50. The van der Waals surface area contributed by atoms with Gasteiger partial charge in [0.15, 0.2) is 5.96 Å². The third-order valence-corrected chi connectivity index (χ3v) is 6.02. The second-order valence-electron chi connectivity index (χ2n) is 6.39. The van der Waals surface area contributed by atoms with E-state index in [0.29, 0.717) is 15.8 Å². The fourth-order valence-electron chi connectivity index (χ4n) is 2.77. The summed E-state index contributed by atoms with van der Waals surface area (Å²) in [5.41, 5.74) is -5.51. The second-order valence-corrected chi connectivity index (χ2v) is 8.32. The molecule has 0 aliphatic carbocycles. The topological polar surface area (TPSA) is 73.8 Å². The van der Waals surface area contributed by atoms with E-state index in [1.54, 1.807) is 0 Å². The Bertz CT molecular complexity index is 820. The third kappa shape index (κ3) is 6.87. The molecule has 0 radical (unpaired) electrons. The van der Waals surface area contributed by atoms with Crippen LogP contribution in [0, 0.1) is 0 Å². The average Bonchev–Trinajstić information content (AvgIpc) is 2.64. The lowest BCUT2D eigenvalue weighted by Crippen LogP contribution is -2.51. The first-order valence-electron chi connectivity index (χ1n) is 8.54. The second kappa shape index (κ2) is 10.3. The van der Waals surface area contributed by atoms with Crippen LogP contribution in [0.2, 0.25) is 0 Å². The van der Waals surface area contributed by atoms with E-state index in [1.807, 2.05) is 0 Å². The zero-order valence-corrected chi connectivity index (χ0v) is 18.9. The molecule has 0 spiro atoms. The summed E-state index contributed by atoms with van der Waals surface area (Å²) in [7, 11) is -3.87. The molecule has 1 saturated heterocycles. The van der Waals surface area contributed by atoms with Gasteiger partial charge >= 0.3 is 21.7 Å². The van der Waals surface area contributed by atoms with E-state index >= 15 is 0 Å². The predicted octanol–water partition coefficient (Wildman–Crippen LogP) is 3.30. The van der Waals surface area contributed by atoms with Crippen molar-refractivity contribution in [2.24, 2.45) is 4.99 Å². The molecule has 1 aromatic rings. The zero-order valence-electron chi connectivity index (χ0n) is 15.7. The molecule has 1 aliphatic heterocycles. The third-order valence-electron chi connectivity index (χ3n) is 4.39. The number of piperidine rings is 1. The van der Waals surface area contributed by atoms with Crippen LogP contribution in [0.4, 0.5) is 26.3 Å². The molecule has 2 rings (SSSR count). The first-order chi connectivity index (χ1) is 13.3. The molecule has 0 aromatic heterocycles. The van der Waals surface area contributed by atoms with Gasteiger partial charge in [0.25, 0.3) is 0 Å². The average molecular weight is 574 g/mol. The smallest absolute Gasteiger partial charge is 0.354 e. The van der Waals surface area contributed by atoms with Gasteiger partial charge in [0.05, 0.1) is 5.56 Å². The highest BCUT2D eigenvalue weighted by Crippen LogP contribution is 2.30. The van der Waals surface area contributed by atoms with Gasteiger partial charge in [-0.2, -0.15) is 30.6 Å². The number of nitrogens with one attached hydrogen (secondary N) is 2. The highest BCUT2D eigenvalue weighted by molar-refractivity contribution is 14.0. The number of aliphatic imine (C=N–C) groups is 1. The minimum absolute atomic E-state index is 0. The Morgan fingerprint density at radius 2 is 1.63 bits per heavy atom. The quantitative estimate of drug-likeness (QED) is 0.251. The van der Waals surface area contributed by atoms with Crippen molar-refractivity contribution in [1.82, 2.24) is 14.9 Å². The number of hydrogen-bond donors (Lipinski definition) is 2. The zero-order chi connectivity index (χ0) is 21.9. The van der Waals surface area contributed by atoms with E-state index in [-0.39, 0.29) is 62.5 Å². The van der Waals surface area contributed by atoms with Crippen LogP contribution < -0.4 is 10.6 Å². The maximum Gasteiger partial charge on any atom is 0.511 e. The Morgan fingerprint density at radius 1 is 1.10 bits per heavy atom. The number of sulfonamides is 1. The summed E-state index contributed by atoms with van der Waals surface area (Å²) in [6.07, 6.45) is -4.12. The van der Waals surface area contributed by atoms with Crippen molar-refractivity contribution < 1.29 is 34.8 Å². The molecule has 1 fully saturated rings. The summed E-state index contributed by atoms with van der Waals surface area (Å²) in [5, 5.41) is 5.88. The van der Waals surface area contributed by atoms with Gasteiger partial charge in [0, 0.05) is 32.7 Å². The van der Waals surface area contributed by atoms with Gasteiger partial charge < -0.3 is 10.6 Å². The minimum Gasteiger partial charge on any atom is -0.354 e. The molecule has 0 atom stereocenters. The van der Waals surface area contributed by atoms with Crippen molar-refractivity contribution in [3.05, 3.63) is 35.4 Å². The summed E-state index contributed by atoms with van der Waals surface area (Å²) in [4.78, 5) is 3.96. The first-order valence-corrected chi connectivity index (χ1v) is 9.98. The molecule has 1 aliphatic rings. The number of nitrogens with zero attached hydrogens (tertiary/aromatic N) is 2. The summed E-state index contributed by atoms with van der Waals surface area (Å²) >= 11 is 0. The van der Waals surface area contributed by atoms with E-state index in [1.165, 1.54) is 19.2 Å². The van der Waals surface area contributed by atoms with Gasteiger partial charge in [0.1, 0.15) is 0 Å². The van der Waals surface area contributed by atoms with E-state index in [0.717, 1.165) is 12.1 Å². The van der Waals surface area contributed by atoms with Gasteiger partial charge in [-0.25, -0.2) is 8.42 Å². The maximum atomic E-state index is 12.6. The van der Waals surface area contributed by atoms with Crippen molar-refractivity contribution in [2.45, 2.75) is 37.1 Å². The van der Waals surface area contributed by atoms with Crippen molar-refractivity contribution in [3.63, 3.8) is 0 Å². The molecule has 0 amide bonds. The molecule has 6 nitrogen and oxygen atoms in total. The molecule has 172 valence electrons. The summed E-state index contributed by atoms with van der Waals surface area (Å²) in [6.45, 7) is -0.385. The molecule has 0 bridgehead atoms. The fraction of sp³-hybridized carbons (Fsp3) is 0.562. The Balaban J connectivity index is 0.00000450. The first kappa shape index (κ1) is 26.7. The molecule has 30 heavy (non-hydrogen) atoms. The molecule has 0 unspecified atom stereocenters. The van der Waals surface area contributed by atoms with Crippen molar-refractivity contribution in [3.8, 4) is 0 Å². The Labute approximate surface area is 187 Å². The molecule has 2 N–H and O–H groups in total. The predicted molar refractivity (Wildman–Crippen MR) is 110 cm³/mol. The van der Waals surface area contributed by atoms with E-state index in [2.05, 4.69) is 15.6 Å². The fourth-order valence-corrected chi connectivity index (χ4v) is 3.76. The molecule has 1 heterocycles. The summed E-state index contributed by atoms with van der Waals surface area (Å²) < 4.78 is 98.7. The van der Waals surface area contributed by atoms with Crippen LogP contribution >= 0.6 is 24.0 Å². The monoisotopic (exact) mass is 574 g/mol. The SMILES string of the molecule is CN=C(NCc1ccc(C(F)(F)F)cc1)NC1CCN(S(=O)(=O)C(F)(F)F)CC1.I. The lowest BCUT2D eigenvalue weighted by molar-refractivity contribution is -0.137. The lowest BCUT2D eigenvalue weighted by atomic mass is 10.1. The molecular formula is C16H21F6IN4O2S. The molecule has 1 aromatic carbocycles. The van der Waals surface area contributed by atoms with E-state index in [4.69, 9.17) is 0 Å². The van der Waals surface area contributed by atoms with Gasteiger partial charge in [-0.1, -0.05) is 12.1 Å². The number of alkyl halides is 6. The molecule has 0 saturated carbocycles. The van der Waals surface area contributed by atoms with Gasteiger partial charge in [-0.05, 0) is 30.5 Å². The molecule has 14 heteroatoms. The number of benzene rings is 1.